The van der Waals surface area contributed by atoms with Gasteiger partial charge in [-0.25, -0.2) is 0 Å². The summed E-state index contributed by atoms with van der Waals surface area (Å²) in [5.74, 6) is 0.667. The molecule has 1 aromatic rings. The van der Waals surface area contributed by atoms with E-state index in [-0.39, 0.29) is 24.1 Å². The zero-order chi connectivity index (χ0) is 36.3. The molecule has 0 bridgehead atoms. The molecule has 2 atom stereocenters. The smallest absolute Gasteiger partial charge is 0.306 e. The van der Waals surface area contributed by atoms with Crippen molar-refractivity contribution in [2.24, 2.45) is 0 Å². The minimum Gasteiger partial charge on any atom is -0.494 e. The highest BCUT2D eigenvalue weighted by Gasteiger charge is 2.11. The third kappa shape index (κ3) is 29.6. The van der Waals surface area contributed by atoms with Crippen molar-refractivity contribution in [2.45, 2.75) is 220 Å². The highest BCUT2D eigenvalue weighted by molar-refractivity contribution is 5.69. The predicted octanol–water partition coefficient (Wildman–Crippen LogP) is 13.0. The fourth-order valence-corrected chi connectivity index (χ4v) is 6.23. The van der Waals surface area contributed by atoms with E-state index in [9.17, 15) is 9.59 Å². The Morgan fingerprint density at radius 1 is 0.500 bits per heavy atom. The summed E-state index contributed by atoms with van der Waals surface area (Å²) in [7, 11) is 0. The van der Waals surface area contributed by atoms with Crippen LogP contribution in [-0.2, 0) is 30.4 Å². The average molecular weight is 703 g/mol. The van der Waals surface area contributed by atoms with E-state index in [1.54, 1.807) is 0 Å². The number of unbranched alkanes of at least 4 members (excludes halogenated alkanes) is 20. The molecule has 50 heavy (non-hydrogen) atoms. The Bertz CT molecular complexity index is 827. The second-order valence-corrected chi connectivity index (χ2v) is 14.6. The Morgan fingerprint density at radius 3 is 1.34 bits per heavy atom. The van der Waals surface area contributed by atoms with E-state index in [4.69, 9.17) is 18.9 Å². The van der Waals surface area contributed by atoms with Gasteiger partial charge in [-0.3, -0.25) is 9.59 Å². The number of carbonyl (C=O) groups is 2. The molecule has 2 unspecified atom stereocenters. The Balaban J connectivity index is 1.98. The molecule has 0 heterocycles. The summed E-state index contributed by atoms with van der Waals surface area (Å²) in [6.07, 6.45) is 31.3. The molecule has 0 aliphatic heterocycles. The van der Waals surface area contributed by atoms with Gasteiger partial charge >= 0.3 is 11.9 Å². The fraction of sp³-hybridized carbons (Fsp3) is 0.818. The predicted molar refractivity (Wildman–Crippen MR) is 209 cm³/mol. The van der Waals surface area contributed by atoms with Crippen LogP contribution in [0, 0.1) is 0 Å². The first-order chi connectivity index (χ1) is 24.4. The minimum absolute atomic E-state index is 0.0718. The Labute approximate surface area is 308 Å². The Morgan fingerprint density at radius 2 is 0.900 bits per heavy atom. The lowest BCUT2D eigenvalue weighted by atomic mass is 10.1. The first-order valence-electron chi connectivity index (χ1n) is 21.1. The van der Waals surface area contributed by atoms with Crippen molar-refractivity contribution in [3.05, 3.63) is 29.8 Å². The molecule has 0 aliphatic rings. The number of hydrogen-bond acceptors (Lipinski definition) is 6. The molecular weight excluding hydrogens is 624 g/mol. The highest BCUT2D eigenvalue weighted by Crippen LogP contribution is 2.16. The van der Waals surface area contributed by atoms with Gasteiger partial charge in [-0.2, -0.15) is 0 Å². The van der Waals surface area contributed by atoms with Gasteiger partial charge in [-0.15, -0.1) is 0 Å². The van der Waals surface area contributed by atoms with Crippen molar-refractivity contribution in [1.82, 2.24) is 0 Å². The summed E-state index contributed by atoms with van der Waals surface area (Å²) < 4.78 is 22.9. The summed E-state index contributed by atoms with van der Waals surface area (Å²) in [5, 5.41) is 0. The largest absolute Gasteiger partial charge is 0.494 e. The summed E-state index contributed by atoms with van der Waals surface area (Å²) in [4.78, 5) is 24.4. The molecule has 0 saturated carbocycles. The highest BCUT2D eigenvalue weighted by atomic mass is 16.5. The fourth-order valence-electron chi connectivity index (χ4n) is 6.23. The average Bonchev–Trinajstić information content (AvgIpc) is 3.10. The molecule has 6 nitrogen and oxygen atoms in total. The second kappa shape index (κ2) is 34.0. The van der Waals surface area contributed by atoms with Crippen LogP contribution in [0.25, 0.3) is 0 Å². The number of rotatable bonds is 36. The van der Waals surface area contributed by atoms with Gasteiger partial charge in [0.15, 0.2) is 0 Å². The van der Waals surface area contributed by atoms with Crippen LogP contribution in [0.5, 0.6) is 5.75 Å². The van der Waals surface area contributed by atoms with Crippen LogP contribution < -0.4 is 4.74 Å². The lowest BCUT2D eigenvalue weighted by Gasteiger charge is -2.14. The van der Waals surface area contributed by atoms with Gasteiger partial charge in [0, 0.05) is 19.3 Å². The molecule has 0 aliphatic carbocycles. The molecule has 0 spiro atoms. The van der Waals surface area contributed by atoms with E-state index in [0.29, 0.717) is 39.1 Å². The molecule has 6 heteroatoms. The van der Waals surface area contributed by atoms with Gasteiger partial charge < -0.3 is 18.9 Å². The molecule has 0 aromatic heterocycles. The normalized spacial score (nSPS) is 12.5. The van der Waals surface area contributed by atoms with Crippen LogP contribution in [0.2, 0.25) is 0 Å². The van der Waals surface area contributed by atoms with Crippen LogP contribution in [0.3, 0.4) is 0 Å². The quantitative estimate of drug-likeness (QED) is 0.0512. The first kappa shape index (κ1) is 45.9. The lowest BCUT2D eigenvalue weighted by Crippen LogP contribution is -2.16. The molecule has 0 N–H and O–H groups in total. The summed E-state index contributed by atoms with van der Waals surface area (Å²) in [6.45, 7) is 10.1. The van der Waals surface area contributed by atoms with Crippen LogP contribution in [0.1, 0.15) is 207 Å². The monoisotopic (exact) mass is 703 g/mol. The number of ether oxygens (including phenoxy) is 4. The van der Waals surface area contributed by atoms with E-state index in [0.717, 1.165) is 49.8 Å². The molecule has 0 fully saturated rings. The molecular formula is C44H78O6. The number of benzene rings is 1. The van der Waals surface area contributed by atoms with Crippen LogP contribution in [0.4, 0.5) is 0 Å². The summed E-state index contributed by atoms with van der Waals surface area (Å²) >= 11 is 0. The van der Waals surface area contributed by atoms with E-state index in [1.807, 2.05) is 38.1 Å². The zero-order valence-corrected chi connectivity index (χ0v) is 33.1. The van der Waals surface area contributed by atoms with Crippen molar-refractivity contribution >= 4 is 11.9 Å². The van der Waals surface area contributed by atoms with Crippen LogP contribution in [0.15, 0.2) is 24.3 Å². The van der Waals surface area contributed by atoms with E-state index in [2.05, 4.69) is 13.8 Å². The summed E-state index contributed by atoms with van der Waals surface area (Å²) in [5.41, 5.74) is 1.08. The van der Waals surface area contributed by atoms with E-state index >= 15 is 0 Å². The Kier molecular flexibility index (Phi) is 31.3. The molecule has 0 saturated heterocycles. The second-order valence-electron chi connectivity index (χ2n) is 14.6. The van der Waals surface area contributed by atoms with E-state index in [1.165, 1.54) is 116 Å². The lowest BCUT2D eigenvalue weighted by molar-refractivity contribution is -0.150. The van der Waals surface area contributed by atoms with Gasteiger partial charge in [0.05, 0.1) is 25.9 Å². The minimum atomic E-state index is -0.133. The number of carbonyl (C=O) groups excluding carboxylic acids is 2. The molecule has 290 valence electrons. The van der Waals surface area contributed by atoms with Gasteiger partial charge in [0.1, 0.15) is 11.9 Å². The maximum Gasteiger partial charge on any atom is 0.306 e. The first-order valence-corrected chi connectivity index (χ1v) is 21.1. The zero-order valence-electron chi connectivity index (χ0n) is 33.1. The van der Waals surface area contributed by atoms with Gasteiger partial charge in [0.2, 0.25) is 0 Å². The van der Waals surface area contributed by atoms with Crippen molar-refractivity contribution in [2.75, 3.05) is 13.2 Å². The van der Waals surface area contributed by atoms with Gasteiger partial charge in [0.25, 0.3) is 0 Å². The molecule has 1 rings (SSSR count). The third-order valence-corrected chi connectivity index (χ3v) is 9.52. The number of hydrogen-bond donors (Lipinski definition) is 0. The maximum atomic E-state index is 12.2. The van der Waals surface area contributed by atoms with Crippen LogP contribution >= 0.6 is 0 Å². The number of esters is 2. The van der Waals surface area contributed by atoms with Gasteiger partial charge in [-0.1, -0.05) is 154 Å². The van der Waals surface area contributed by atoms with Crippen molar-refractivity contribution in [1.29, 1.82) is 0 Å². The van der Waals surface area contributed by atoms with Crippen molar-refractivity contribution in [3.8, 4) is 5.75 Å². The van der Waals surface area contributed by atoms with E-state index < -0.39 is 0 Å². The van der Waals surface area contributed by atoms with Crippen LogP contribution in [-0.4, -0.2) is 37.4 Å². The third-order valence-electron chi connectivity index (χ3n) is 9.52. The molecule has 1 aromatic carbocycles. The molecule has 0 amide bonds. The summed E-state index contributed by atoms with van der Waals surface area (Å²) in [6, 6.07) is 7.97. The van der Waals surface area contributed by atoms with Crippen molar-refractivity contribution in [3.63, 3.8) is 0 Å². The topological polar surface area (TPSA) is 71.1 Å². The van der Waals surface area contributed by atoms with Gasteiger partial charge in [-0.05, 0) is 57.2 Å². The standard InChI is InChI=1S/C44H78O6/c1-5-7-9-11-13-15-17-19-21-23-25-29-43(45)49-39(3)28-27-36-48-42-33-31-41(32-34-42)38-47-37-35-40(4)50-44(46)30-26-24-22-20-18-16-14-12-10-8-6-2/h31-34,39-40H,5-30,35-38H2,1-4H3. The SMILES string of the molecule is CCCCCCCCCCCCCC(=O)OC(C)CCCOc1ccc(COCCC(C)OC(=O)CCCCCCCCCCCCC)cc1. The Hall–Kier alpha value is -2.08. The molecule has 0 radical (unpaired) electrons. The van der Waals surface area contributed by atoms with Crippen molar-refractivity contribution < 1.29 is 28.5 Å². The maximum absolute atomic E-state index is 12.2.